The Kier molecular flexibility index (Phi) is 5.31. The number of aliphatic hydroxyl groups is 1. The van der Waals surface area contributed by atoms with Crippen LogP contribution in [0.15, 0.2) is 34.9 Å². The Morgan fingerprint density at radius 1 is 1.46 bits per heavy atom. The summed E-state index contributed by atoms with van der Waals surface area (Å²) in [6.45, 7) is 3.88. The summed E-state index contributed by atoms with van der Waals surface area (Å²) in [7, 11) is 0. The summed E-state index contributed by atoms with van der Waals surface area (Å²) in [4.78, 5) is 25.1. The second-order valence-corrected chi connectivity index (χ2v) is 7.82. The number of thioether (sulfide) groups is 1. The summed E-state index contributed by atoms with van der Waals surface area (Å²) in [6, 6.07) is 6.03. The Morgan fingerprint density at radius 2 is 2.12 bits per heavy atom. The molecule has 0 spiro atoms. The SMILES string of the molecule is CC[C@H](O)[C@@H]1C(=O)N2C(C(=S)OCc3ccc([N+](=O)[O-])cc3)=C(C)S[C@H]12. The van der Waals surface area contributed by atoms with Gasteiger partial charge in [0.25, 0.3) is 5.69 Å². The predicted molar refractivity (Wildman–Crippen MR) is 101 cm³/mol. The lowest BCUT2D eigenvalue weighted by Gasteiger charge is -2.44. The summed E-state index contributed by atoms with van der Waals surface area (Å²) < 4.78 is 5.64. The molecule has 1 amide bonds. The topological polar surface area (TPSA) is 92.9 Å². The molecule has 0 radical (unpaired) electrons. The molecule has 0 unspecified atom stereocenters. The molecule has 2 aliphatic heterocycles. The third-order valence-corrected chi connectivity index (χ3v) is 6.10. The zero-order chi connectivity index (χ0) is 19.0. The van der Waals surface area contributed by atoms with Crippen LogP contribution in [-0.4, -0.2) is 37.4 Å². The van der Waals surface area contributed by atoms with E-state index in [4.69, 9.17) is 17.0 Å². The van der Waals surface area contributed by atoms with E-state index in [9.17, 15) is 20.0 Å². The number of rotatable bonds is 6. The van der Waals surface area contributed by atoms with Crippen molar-refractivity contribution in [2.45, 2.75) is 38.4 Å². The van der Waals surface area contributed by atoms with Crippen molar-refractivity contribution < 1.29 is 19.6 Å². The maximum Gasteiger partial charge on any atom is 0.269 e. The fourth-order valence-corrected chi connectivity index (χ4v) is 4.84. The van der Waals surface area contributed by atoms with Gasteiger partial charge in [-0.15, -0.1) is 11.8 Å². The van der Waals surface area contributed by atoms with Crippen molar-refractivity contribution in [1.29, 1.82) is 0 Å². The lowest BCUT2D eigenvalue weighted by atomic mass is 9.90. The summed E-state index contributed by atoms with van der Waals surface area (Å²) in [6.07, 6.45) is -0.130. The van der Waals surface area contributed by atoms with Crippen molar-refractivity contribution in [2.75, 3.05) is 0 Å². The minimum Gasteiger partial charge on any atom is -0.477 e. The average molecular weight is 394 g/mol. The number of hydrogen-bond acceptors (Lipinski definition) is 7. The van der Waals surface area contributed by atoms with Gasteiger partial charge in [0.2, 0.25) is 11.0 Å². The maximum atomic E-state index is 12.4. The predicted octanol–water partition coefficient (Wildman–Crippen LogP) is 2.97. The van der Waals surface area contributed by atoms with Crippen LogP contribution < -0.4 is 0 Å². The number of hydrogen-bond donors (Lipinski definition) is 1. The van der Waals surface area contributed by atoms with Crippen molar-refractivity contribution in [2.24, 2.45) is 5.92 Å². The van der Waals surface area contributed by atoms with Gasteiger partial charge in [-0.05, 0) is 43.3 Å². The summed E-state index contributed by atoms with van der Waals surface area (Å²) in [5, 5.41) is 20.8. The van der Waals surface area contributed by atoms with Gasteiger partial charge in [0.1, 0.15) is 17.7 Å². The van der Waals surface area contributed by atoms with Gasteiger partial charge in [0.15, 0.2) is 0 Å². The van der Waals surface area contributed by atoms with Crippen LogP contribution >= 0.6 is 24.0 Å². The summed E-state index contributed by atoms with van der Waals surface area (Å²) in [5.41, 5.74) is 1.34. The van der Waals surface area contributed by atoms with E-state index >= 15 is 0 Å². The van der Waals surface area contributed by atoms with Crippen molar-refractivity contribution >= 4 is 40.6 Å². The first kappa shape index (κ1) is 18.8. The molecule has 2 heterocycles. The number of amides is 1. The number of thiocarbonyl (C=S) groups is 1. The van der Waals surface area contributed by atoms with E-state index in [0.717, 1.165) is 10.5 Å². The first-order chi connectivity index (χ1) is 12.3. The molecule has 7 nitrogen and oxygen atoms in total. The molecule has 0 bridgehead atoms. The Balaban J connectivity index is 1.64. The Hall–Kier alpha value is -1.97. The molecule has 0 saturated carbocycles. The number of carbonyl (C=O) groups is 1. The van der Waals surface area contributed by atoms with Gasteiger partial charge in [0, 0.05) is 17.0 Å². The van der Waals surface area contributed by atoms with Gasteiger partial charge in [-0.1, -0.05) is 6.92 Å². The van der Waals surface area contributed by atoms with E-state index in [1.54, 1.807) is 17.0 Å². The third kappa shape index (κ3) is 3.22. The number of benzene rings is 1. The third-order valence-electron chi connectivity index (χ3n) is 4.50. The average Bonchev–Trinajstić information content (AvgIpc) is 2.92. The van der Waals surface area contributed by atoms with Gasteiger partial charge in [0.05, 0.1) is 16.9 Å². The van der Waals surface area contributed by atoms with Crippen molar-refractivity contribution in [1.82, 2.24) is 4.90 Å². The number of nitro groups is 1. The Bertz CT molecular complexity index is 793. The van der Waals surface area contributed by atoms with Crippen molar-refractivity contribution in [3.63, 3.8) is 0 Å². The van der Waals surface area contributed by atoms with Crippen LogP contribution in [-0.2, 0) is 16.1 Å². The van der Waals surface area contributed by atoms with Crippen LogP contribution in [0.2, 0.25) is 0 Å². The Morgan fingerprint density at radius 3 is 2.69 bits per heavy atom. The highest BCUT2D eigenvalue weighted by Gasteiger charge is 2.56. The van der Waals surface area contributed by atoms with E-state index in [0.29, 0.717) is 12.1 Å². The number of allylic oxidation sites excluding steroid dienone is 1. The van der Waals surface area contributed by atoms with Gasteiger partial charge in [-0.25, -0.2) is 0 Å². The minimum absolute atomic E-state index is 0.0108. The van der Waals surface area contributed by atoms with E-state index in [1.165, 1.54) is 23.9 Å². The second kappa shape index (κ2) is 7.34. The summed E-state index contributed by atoms with van der Waals surface area (Å²) >= 11 is 6.87. The van der Waals surface area contributed by atoms with Crippen LogP contribution in [0.5, 0.6) is 0 Å². The molecule has 1 aromatic carbocycles. The largest absolute Gasteiger partial charge is 0.477 e. The Labute approximate surface area is 160 Å². The van der Waals surface area contributed by atoms with Gasteiger partial charge < -0.3 is 9.84 Å². The smallest absolute Gasteiger partial charge is 0.269 e. The van der Waals surface area contributed by atoms with Gasteiger partial charge in [-0.3, -0.25) is 19.8 Å². The van der Waals surface area contributed by atoms with Crippen LogP contribution in [0.25, 0.3) is 0 Å². The van der Waals surface area contributed by atoms with Crippen molar-refractivity contribution in [3.05, 3.63) is 50.5 Å². The number of non-ortho nitro benzene ring substituents is 1. The van der Waals surface area contributed by atoms with E-state index in [2.05, 4.69) is 0 Å². The first-order valence-electron chi connectivity index (χ1n) is 8.14. The molecular weight excluding hydrogens is 376 g/mol. The standard InChI is InChI=1S/C17H18N2O5S2/c1-3-12(20)13-15(21)18-14(9(2)26-16(13)18)17(25)24-8-10-4-6-11(7-5-10)19(22)23/h4-7,12-13,16,20H,3,8H2,1-2H3/t12-,13+,16+/m0/s1. The summed E-state index contributed by atoms with van der Waals surface area (Å²) in [5.74, 6) is -0.542. The quantitative estimate of drug-likeness (QED) is 0.343. The molecule has 1 fully saturated rings. The fourth-order valence-electron chi connectivity index (χ4n) is 3.04. The molecule has 3 rings (SSSR count). The lowest BCUT2D eigenvalue weighted by Crippen LogP contribution is -2.61. The minimum atomic E-state index is -0.655. The molecule has 138 valence electrons. The molecule has 9 heteroatoms. The molecule has 1 saturated heterocycles. The lowest BCUT2D eigenvalue weighted by molar-refractivity contribution is -0.384. The van der Waals surface area contributed by atoms with E-state index in [1.807, 2.05) is 13.8 Å². The van der Waals surface area contributed by atoms with Crippen LogP contribution in [0.1, 0.15) is 25.8 Å². The fraction of sp³-hybridized carbons (Fsp3) is 0.412. The maximum absolute atomic E-state index is 12.4. The molecule has 3 atom stereocenters. The molecule has 0 aromatic heterocycles. The normalized spacial score (nSPS) is 22.7. The second-order valence-electron chi connectivity index (χ2n) is 6.12. The highest BCUT2D eigenvalue weighted by molar-refractivity contribution is 8.04. The molecule has 26 heavy (non-hydrogen) atoms. The first-order valence-corrected chi connectivity index (χ1v) is 9.43. The number of fused-ring (bicyclic) bond motifs is 1. The number of nitrogens with zero attached hydrogens (tertiary/aromatic N) is 2. The highest BCUT2D eigenvalue weighted by atomic mass is 32.2. The van der Waals surface area contributed by atoms with E-state index in [-0.39, 0.29) is 28.6 Å². The highest BCUT2D eigenvalue weighted by Crippen LogP contribution is 2.50. The number of nitro benzene ring substituents is 1. The van der Waals surface area contributed by atoms with Crippen LogP contribution in [0.3, 0.4) is 0 Å². The zero-order valence-corrected chi connectivity index (χ0v) is 15.9. The van der Waals surface area contributed by atoms with Gasteiger partial charge in [-0.2, -0.15) is 0 Å². The van der Waals surface area contributed by atoms with Crippen LogP contribution in [0, 0.1) is 16.0 Å². The number of β-lactam (4-membered cyclic amide) rings is 1. The molecule has 1 aromatic rings. The molecule has 1 N–H and O–H groups in total. The number of aliphatic hydroxyl groups excluding tert-OH is 1. The van der Waals surface area contributed by atoms with Gasteiger partial charge >= 0.3 is 0 Å². The number of carbonyl (C=O) groups excluding carboxylic acids is 1. The monoisotopic (exact) mass is 394 g/mol. The van der Waals surface area contributed by atoms with E-state index < -0.39 is 16.9 Å². The van der Waals surface area contributed by atoms with Crippen LogP contribution in [0.4, 0.5) is 5.69 Å². The molecule has 0 aliphatic carbocycles. The molecular formula is C17H18N2O5S2. The van der Waals surface area contributed by atoms with Crippen molar-refractivity contribution in [3.8, 4) is 0 Å². The number of ether oxygens (including phenoxy) is 1. The zero-order valence-electron chi connectivity index (χ0n) is 14.2. The molecule has 2 aliphatic rings.